The Balaban J connectivity index is 2.03. The average molecular weight is 272 g/mol. The van der Waals surface area contributed by atoms with Crippen molar-refractivity contribution in [1.82, 2.24) is 0 Å². The molecule has 1 unspecified atom stereocenters. The van der Waals surface area contributed by atoms with E-state index in [9.17, 15) is 9.18 Å². The summed E-state index contributed by atoms with van der Waals surface area (Å²) >= 11 is 0. The minimum Gasteiger partial charge on any atom is -0.324 e. The molecule has 1 amide bonds. The second-order valence-electron chi connectivity index (χ2n) is 4.70. The van der Waals surface area contributed by atoms with Crippen molar-refractivity contribution in [2.24, 2.45) is 5.73 Å². The average Bonchev–Trinajstić information content (AvgIpc) is 2.45. The Morgan fingerprint density at radius 3 is 2.60 bits per heavy atom. The van der Waals surface area contributed by atoms with Crippen LogP contribution in [0, 0.1) is 12.7 Å². The third-order valence-electron chi connectivity index (χ3n) is 3.16. The normalized spacial score (nSPS) is 11.9. The van der Waals surface area contributed by atoms with Crippen LogP contribution in [0.25, 0.3) is 0 Å². The molecule has 0 radical (unpaired) electrons. The van der Waals surface area contributed by atoms with Crippen LogP contribution < -0.4 is 11.1 Å². The molecular formula is C16H17FN2O. The Morgan fingerprint density at radius 2 is 1.90 bits per heavy atom. The Morgan fingerprint density at radius 1 is 1.20 bits per heavy atom. The number of carbonyl (C=O) groups excluding carboxylic acids is 1. The fraction of sp³-hybridized carbons (Fsp3) is 0.188. The highest BCUT2D eigenvalue weighted by Crippen LogP contribution is 2.17. The van der Waals surface area contributed by atoms with Gasteiger partial charge in [-0.15, -0.1) is 0 Å². The van der Waals surface area contributed by atoms with Gasteiger partial charge in [0.15, 0.2) is 0 Å². The van der Waals surface area contributed by atoms with E-state index in [1.807, 2.05) is 30.3 Å². The number of anilines is 1. The summed E-state index contributed by atoms with van der Waals surface area (Å²) in [5.41, 5.74) is 7.74. The van der Waals surface area contributed by atoms with Crippen molar-refractivity contribution < 1.29 is 9.18 Å². The lowest BCUT2D eigenvalue weighted by Gasteiger charge is -2.14. The van der Waals surface area contributed by atoms with E-state index in [4.69, 9.17) is 5.73 Å². The van der Waals surface area contributed by atoms with E-state index >= 15 is 0 Å². The summed E-state index contributed by atoms with van der Waals surface area (Å²) in [6.45, 7) is 1.62. The number of hydrogen-bond acceptors (Lipinski definition) is 2. The zero-order valence-electron chi connectivity index (χ0n) is 11.3. The van der Waals surface area contributed by atoms with Crippen LogP contribution in [0.15, 0.2) is 48.5 Å². The first-order valence-electron chi connectivity index (χ1n) is 6.43. The van der Waals surface area contributed by atoms with Gasteiger partial charge in [-0.3, -0.25) is 4.79 Å². The minimum absolute atomic E-state index is 0.317. The van der Waals surface area contributed by atoms with Crippen molar-refractivity contribution in [1.29, 1.82) is 0 Å². The maximum Gasteiger partial charge on any atom is 0.241 e. The molecule has 1 atom stereocenters. The van der Waals surface area contributed by atoms with Crippen LogP contribution in [0.5, 0.6) is 0 Å². The summed E-state index contributed by atoms with van der Waals surface area (Å²) in [7, 11) is 0. The zero-order valence-corrected chi connectivity index (χ0v) is 11.3. The van der Waals surface area contributed by atoms with E-state index in [1.54, 1.807) is 19.1 Å². The maximum absolute atomic E-state index is 13.4. The lowest BCUT2D eigenvalue weighted by atomic mass is 10.1. The summed E-state index contributed by atoms with van der Waals surface area (Å²) in [6.07, 6.45) is 0.445. The molecule has 0 aliphatic heterocycles. The van der Waals surface area contributed by atoms with E-state index in [2.05, 4.69) is 5.32 Å². The molecular weight excluding hydrogens is 255 g/mol. The van der Waals surface area contributed by atoms with Gasteiger partial charge in [-0.25, -0.2) is 4.39 Å². The monoisotopic (exact) mass is 272 g/mol. The molecule has 2 aromatic carbocycles. The van der Waals surface area contributed by atoms with Gasteiger partial charge >= 0.3 is 0 Å². The van der Waals surface area contributed by atoms with Gasteiger partial charge in [0.2, 0.25) is 5.91 Å². The van der Waals surface area contributed by atoms with Crippen LogP contribution in [0.4, 0.5) is 10.1 Å². The number of nitrogens with one attached hydrogen (secondary N) is 1. The molecule has 0 saturated heterocycles. The molecule has 0 bridgehead atoms. The van der Waals surface area contributed by atoms with Crippen molar-refractivity contribution in [2.45, 2.75) is 19.4 Å². The van der Waals surface area contributed by atoms with Gasteiger partial charge in [-0.05, 0) is 31.0 Å². The number of nitrogens with two attached hydrogens (primary N) is 1. The highest BCUT2D eigenvalue weighted by atomic mass is 19.1. The molecule has 20 heavy (non-hydrogen) atoms. The lowest BCUT2D eigenvalue weighted by molar-refractivity contribution is -0.117. The first-order chi connectivity index (χ1) is 9.58. The van der Waals surface area contributed by atoms with Gasteiger partial charge in [0.25, 0.3) is 0 Å². The van der Waals surface area contributed by atoms with Gasteiger partial charge in [0.05, 0.1) is 6.04 Å². The Labute approximate surface area is 117 Å². The summed E-state index contributed by atoms with van der Waals surface area (Å²) in [4.78, 5) is 12.0. The molecule has 3 N–H and O–H groups in total. The highest BCUT2D eigenvalue weighted by molar-refractivity contribution is 5.95. The van der Waals surface area contributed by atoms with Gasteiger partial charge in [-0.1, -0.05) is 36.4 Å². The number of benzene rings is 2. The second-order valence-corrected chi connectivity index (χ2v) is 4.70. The summed E-state index contributed by atoms with van der Waals surface area (Å²) in [5, 5.41) is 2.67. The van der Waals surface area contributed by atoms with E-state index in [1.165, 1.54) is 6.07 Å². The van der Waals surface area contributed by atoms with Crippen LogP contribution in [0.1, 0.15) is 11.1 Å². The molecule has 4 heteroatoms. The first kappa shape index (κ1) is 14.2. The van der Waals surface area contributed by atoms with Crippen molar-refractivity contribution in [3.8, 4) is 0 Å². The van der Waals surface area contributed by atoms with Crippen molar-refractivity contribution in [3.63, 3.8) is 0 Å². The summed E-state index contributed by atoms with van der Waals surface area (Å²) in [5.74, 6) is -0.665. The fourth-order valence-corrected chi connectivity index (χ4v) is 1.93. The Kier molecular flexibility index (Phi) is 4.48. The molecule has 0 aliphatic rings. The van der Waals surface area contributed by atoms with Gasteiger partial charge in [0.1, 0.15) is 5.82 Å². The molecule has 2 aromatic rings. The molecule has 0 aliphatic carbocycles. The molecule has 3 nitrogen and oxygen atoms in total. The number of rotatable bonds is 4. The third-order valence-corrected chi connectivity index (χ3v) is 3.16. The van der Waals surface area contributed by atoms with Gasteiger partial charge in [-0.2, -0.15) is 0 Å². The fourth-order valence-electron chi connectivity index (χ4n) is 1.93. The van der Waals surface area contributed by atoms with Crippen LogP contribution in [0.2, 0.25) is 0 Å². The second kappa shape index (κ2) is 6.30. The van der Waals surface area contributed by atoms with Crippen LogP contribution >= 0.6 is 0 Å². The quantitative estimate of drug-likeness (QED) is 0.899. The molecule has 0 fully saturated rings. The van der Waals surface area contributed by atoms with E-state index in [0.717, 1.165) is 5.56 Å². The van der Waals surface area contributed by atoms with Crippen molar-refractivity contribution >= 4 is 11.6 Å². The lowest BCUT2D eigenvalue weighted by Crippen LogP contribution is -2.37. The maximum atomic E-state index is 13.4. The van der Waals surface area contributed by atoms with E-state index in [0.29, 0.717) is 17.7 Å². The SMILES string of the molecule is Cc1c(F)cccc1NC(=O)C(N)Cc1ccccc1. The number of halogens is 1. The zero-order chi connectivity index (χ0) is 14.5. The molecule has 0 heterocycles. The molecule has 0 spiro atoms. The molecule has 104 valence electrons. The number of carbonyl (C=O) groups is 1. The predicted octanol–water partition coefficient (Wildman–Crippen LogP) is 2.64. The largest absolute Gasteiger partial charge is 0.324 e. The van der Waals surface area contributed by atoms with Crippen molar-refractivity contribution in [3.05, 3.63) is 65.5 Å². The van der Waals surface area contributed by atoms with E-state index < -0.39 is 6.04 Å². The molecule has 2 rings (SSSR count). The summed E-state index contributed by atoms with van der Waals surface area (Å²) in [6, 6.07) is 13.4. The topological polar surface area (TPSA) is 55.1 Å². The standard InChI is InChI=1S/C16H17FN2O/c1-11-13(17)8-5-9-15(11)19-16(20)14(18)10-12-6-3-2-4-7-12/h2-9,14H,10,18H2,1H3,(H,19,20). The van der Waals surface area contributed by atoms with Crippen molar-refractivity contribution in [2.75, 3.05) is 5.32 Å². The molecule has 0 aromatic heterocycles. The number of amides is 1. The smallest absolute Gasteiger partial charge is 0.241 e. The third kappa shape index (κ3) is 3.42. The highest BCUT2D eigenvalue weighted by Gasteiger charge is 2.15. The Hall–Kier alpha value is -2.20. The number of hydrogen-bond donors (Lipinski definition) is 2. The predicted molar refractivity (Wildman–Crippen MR) is 77.9 cm³/mol. The van der Waals surface area contributed by atoms with Gasteiger partial charge < -0.3 is 11.1 Å². The Bertz CT molecular complexity index is 599. The van der Waals surface area contributed by atoms with Crippen LogP contribution in [-0.4, -0.2) is 11.9 Å². The van der Waals surface area contributed by atoms with E-state index in [-0.39, 0.29) is 11.7 Å². The van der Waals surface area contributed by atoms with Gasteiger partial charge in [0, 0.05) is 11.3 Å². The van der Waals surface area contributed by atoms with Crippen LogP contribution in [0.3, 0.4) is 0 Å². The minimum atomic E-state index is -0.667. The molecule has 0 saturated carbocycles. The summed E-state index contributed by atoms with van der Waals surface area (Å²) < 4.78 is 13.4. The first-order valence-corrected chi connectivity index (χ1v) is 6.43. The van der Waals surface area contributed by atoms with Crippen LogP contribution in [-0.2, 0) is 11.2 Å².